The van der Waals surface area contributed by atoms with Gasteiger partial charge in [-0.15, -0.1) is 0 Å². The van der Waals surface area contributed by atoms with Gasteiger partial charge in [0, 0.05) is 35.0 Å². The number of nitrogens with zero attached hydrogens (tertiary/aromatic N) is 1. The van der Waals surface area contributed by atoms with Gasteiger partial charge in [0.2, 0.25) is 5.91 Å². The van der Waals surface area contributed by atoms with Gasteiger partial charge in [0.1, 0.15) is 11.5 Å². The summed E-state index contributed by atoms with van der Waals surface area (Å²) in [6, 6.07) is 12.8. The van der Waals surface area contributed by atoms with Crippen LogP contribution in [0.3, 0.4) is 0 Å². The van der Waals surface area contributed by atoms with E-state index in [9.17, 15) is 9.59 Å². The lowest BCUT2D eigenvalue weighted by molar-refractivity contribution is -0.132. The van der Waals surface area contributed by atoms with Crippen LogP contribution in [0.1, 0.15) is 47.6 Å². The summed E-state index contributed by atoms with van der Waals surface area (Å²) in [6.45, 7) is 0.691. The van der Waals surface area contributed by atoms with Crippen LogP contribution in [-0.2, 0) is 4.79 Å². The van der Waals surface area contributed by atoms with Gasteiger partial charge in [-0.1, -0.05) is 28.1 Å². The van der Waals surface area contributed by atoms with Crippen LogP contribution >= 0.6 is 15.9 Å². The summed E-state index contributed by atoms with van der Waals surface area (Å²) in [5, 5.41) is 0. The Bertz CT molecular complexity index is 850. The molecule has 1 amide bonds. The van der Waals surface area contributed by atoms with Crippen LogP contribution in [0.2, 0.25) is 0 Å². The maximum atomic E-state index is 12.9. The molecule has 1 heterocycles. The third kappa shape index (κ3) is 4.55. The minimum absolute atomic E-state index is 0.00200. The Hall–Kier alpha value is -2.34. The number of amides is 1. The van der Waals surface area contributed by atoms with Crippen LogP contribution in [0.15, 0.2) is 46.9 Å². The number of hydrogen-bond donors (Lipinski definition) is 0. The fourth-order valence-corrected chi connectivity index (χ4v) is 3.90. The van der Waals surface area contributed by atoms with Gasteiger partial charge < -0.3 is 14.4 Å². The first-order valence-corrected chi connectivity index (χ1v) is 10.1. The van der Waals surface area contributed by atoms with Crippen LogP contribution in [0.4, 0.5) is 0 Å². The second-order valence-electron chi connectivity index (χ2n) is 6.78. The van der Waals surface area contributed by atoms with Gasteiger partial charge in [0.05, 0.1) is 20.3 Å². The number of methoxy groups -OCH3 is 2. The summed E-state index contributed by atoms with van der Waals surface area (Å²) in [4.78, 5) is 27.1. The first-order valence-electron chi connectivity index (χ1n) is 9.33. The van der Waals surface area contributed by atoms with Crippen molar-refractivity contribution in [1.82, 2.24) is 4.90 Å². The van der Waals surface area contributed by atoms with Crippen LogP contribution < -0.4 is 9.47 Å². The number of halogens is 1. The smallest absolute Gasteiger partial charge is 0.223 e. The van der Waals surface area contributed by atoms with E-state index in [1.165, 1.54) is 0 Å². The third-order valence-electron chi connectivity index (χ3n) is 5.10. The quantitative estimate of drug-likeness (QED) is 0.574. The molecule has 28 heavy (non-hydrogen) atoms. The van der Waals surface area contributed by atoms with Gasteiger partial charge in [0.15, 0.2) is 5.78 Å². The fraction of sp³-hybridized carbons (Fsp3) is 0.364. The van der Waals surface area contributed by atoms with Gasteiger partial charge in [-0.3, -0.25) is 9.59 Å². The van der Waals surface area contributed by atoms with E-state index in [1.807, 2.05) is 35.2 Å². The normalized spacial score (nSPS) is 16.1. The molecule has 0 aliphatic carbocycles. The standard InChI is InChI=1S/C22H24BrNO4/c1-27-17-9-11-21(28-2)18(14-17)19-4-3-13-24(19)22(26)12-10-20(25)15-5-7-16(23)8-6-15/h5-9,11,14,19H,3-4,10,12-13H2,1-2H3/t19-/m1/s1. The van der Waals surface area contributed by atoms with E-state index >= 15 is 0 Å². The number of benzene rings is 2. The van der Waals surface area contributed by atoms with Crippen molar-refractivity contribution < 1.29 is 19.1 Å². The number of Topliss-reactive ketones (excluding diaryl/α,β-unsaturated/α-hetero) is 1. The molecule has 1 atom stereocenters. The molecule has 0 saturated carbocycles. The molecule has 2 aromatic rings. The summed E-state index contributed by atoms with van der Waals surface area (Å²) in [5.74, 6) is 1.46. The van der Waals surface area contributed by atoms with Gasteiger partial charge in [-0.05, 0) is 43.2 Å². The molecule has 1 saturated heterocycles. The molecule has 148 valence electrons. The largest absolute Gasteiger partial charge is 0.497 e. The first-order chi connectivity index (χ1) is 13.5. The zero-order valence-electron chi connectivity index (χ0n) is 16.1. The number of rotatable bonds is 7. The van der Waals surface area contributed by atoms with Crippen LogP contribution in [-0.4, -0.2) is 37.4 Å². The highest BCUT2D eigenvalue weighted by Crippen LogP contribution is 2.39. The average Bonchev–Trinajstić information content (AvgIpc) is 3.21. The van der Waals surface area contributed by atoms with E-state index in [4.69, 9.17) is 9.47 Å². The maximum absolute atomic E-state index is 12.9. The average molecular weight is 446 g/mol. The summed E-state index contributed by atoms with van der Waals surface area (Å²) >= 11 is 3.36. The van der Waals surface area contributed by atoms with Crippen molar-refractivity contribution >= 4 is 27.6 Å². The molecule has 6 heteroatoms. The molecular formula is C22H24BrNO4. The van der Waals surface area contributed by atoms with Crippen molar-refractivity contribution in [3.63, 3.8) is 0 Å². The summed E-state index contributed by atoms with van der Waals surface area (Å²) in [6.07, 6.45) is 2.21. The van der Waals surface area contributed by atoms with Crippen molar-refractivity contribution in [3.05, 3.63) is 58.1 Å². The molecular weight excluding hydrogens is 422 g/mol. The molecule has 5 nitrogen and oxygen atoms in total. The molecule has 0 unspecified atom stereocenters. The van der Waals surface area contributed by atoms with E-state index in [0.717, 1.165) is 34.4 Å². The molecule has 1 aliphatic rings. The SMILES string of the molecule is COc1ccc(OC)c([C@H]2CCCN2C(=O)CCC(=O)c2ccc(Br)cc2)c1. The Kier molecular flexibility index (Phi) is 6.73. The van der Waals surface area contributed by atoms with Crippen molar-refractivity contribution in [3.8, 4) is 11.5 Å². The number of hydrogen-bond acceptors (Lipinski definition) is 4. The lowest BCUT2D eigenvalue weighted by Gasteiger charge is -2.26. The second-order valence-corrected chi connectivity index (χ2v) is 7.70. The highest BCUT2D eigenvalue weighted by Gasteiger charge is 2.32. The molecule has 1 aliphatic heterocycles. The Morgan fingerprint density at radius 1 is 1.07 bits per heavy atom. The molecule has 0 aromatic heterocycles. The lowest BCUT2D eigenvalue weighted by atomic mass is 10.0. The zero-order chi connectivity index (χ0) is 20.1. The number of ketones is 1. The number of carbonyl (C=O) groups excluding carboxylic acids is 2. The molecule has 1 fully saturated rings. The second kappa shape index (κ2) is 9.24. The van der Waals surface area contributed by atoms with Crippen molar-refractivity contribution in [2.45, 2.75) is 31.7 Å². The predicted molar refractivity (Wildman–Crippen MR) is 111 cm³/mol. The Morgan fingerprint density at radius 3 is 2.50 bits per heavy atom. The van der Waals surface area contributed by atoms with Gasteiger partial charge in [-0.25, -0.2) is 0 Å². The third-order valence-corrected chi connectivity index (χ3v) is 5.63. The topological polar surface area (TPSA) is 55.8 Å². The lowest BCUT2D eigenvalue weighted by Crippen LogP contribution is -2.31. The van der Waals surface area contributed by atoms with Gasteiger partial charge in [-0.2, -0.15) is 0 Å². The van der Waals surface area contributed by atoms with E-state index < -0.39 is 0 Å². The van der Waals surface area contributed by atoms with Crippen LogP contribution in [0.25, 0.3) is 0 Å². The van der Waals surface area contributed by atoms with Crippen LogP contribution in [0, 0.1) is 0 Å². The minimum Gasteiger partial charge on any atom is -0.497 e. The monoisotopic (exact) mass is 445 g/mol. The van der Waals surface area contributed by atoms with E-state index in [2.05, 4.69) is 15.9 Å². The van der Waals surface area contributed by atoms with Crippen molar-refractivity contribution in [2.24, 2.45) is 0 Å². The van der Waals surface area contributed by atoms with E-state index in [0.29, 0.717) is 12.1 Å². The molecule has 0 bridgehead atoms. The molecule has 0 radical (unpaired) electrons. The Morgan fingerprint density at radius 2 is 1.82 bits per heavy atom. The zero-order valence-corrected chi connectivity index (χ0v) is 17.7. The highest BCUT2D eigenvalue weighted by atomic mass is 79.9. The summed E-state index contributed by atoms with van der Waals surface area (Å²) in [5.41, 5.74) is 1.58. The highest BCUT2D eigenvalue weighted by molar-refractivity contribution is 9.10. The molecule has 0 N–H and O–H groups in total. The molecule has 3 rings (SSSR count). The van der Waals surface area contributed by atoms with Crippen molar-refractivity contribution in [1.29, 1.82) is 0 Å². The van der Waals surface area contributed by atoms with Gasteiger partial charge >= 0.3 is 0 Å². The first kappa shape index (κ1) is 20.4. The maximum Gasteiger partial charge on any atom is 0.223 e. The Balaban J connectivity index is 1.69. The predicted octanol–water partition coefficient (Wildman–Crippen LogP) is 4.79. The number of carbonyl (C=O) groups is 2. The molecule has 0 spiro atoms. The number of ether oxygens (including phenoxy) is 2. The van der Waals surface area contributed by atoms with E-state index in [1.54, 1.807) is 26.4 Å². The summed E-state index contributed by atoms with van der Waals surface area (Å²) < 4.78 is 11.8. The minimum atomic E-state index is -0.0552. The van der Waals surface area contributed by atoms with E-state index in [-0.39, 0.29) is 30.6 Å². The van der Waals surface area contributed by atoms with Crippen LogP contribution in [0.5, 0.6) is 11.5 Å². The Labute approximate surface area is 173 Å². The van der Waals surface area contributed by atoms with Gasteiger partial charge in [0.25, 0.3) is 0 Å². The number of likely N-dealkylation sites (tertiary alicyclic amines) is 1. The summed E-state index contributed by atoms with van der Waals surface area (Å²) in [7, 11) is 3.25. The molecule has 2 aromatic carbocycles. The fourth-order valence-electron chi connectivity index (χ4n) is 3.63. The van der Waals surface area contributed by atoms with Crippen molar-refractivity contribution in [2.75, 3.05) is 20.8 Å².